The molecule has 13 rings (SSSR count). The summed E-state index contributed by atoms with van der Waals surface area (Å²) in [5, 5.41) is 6.47. The first-order valence-corrected chi connectivity index (χ1v) is 26.0. The van der Waals surface area contributed by atoms with E-state index in [1.54, 1.807) is 50.6 Å². The predicted octanol–water partition coefficient (Wildman–Crippen LogP) is 14.0. The molecule has 0 atom stereocenters. The molecule has 7 heterocycles. The third kappa shape index (κ3) is 9.90. The van der Waals surface area contributed by atoms with E-state index in [2.05, 4.69) is 20.6 Å². The number of H-pyrrole nitrogens is 2. The number of amides is 2. The number of benzene rings is 6. The van der Waals surface area contributed by atoms with Crippen LogP contribution in [0.3, 0.4) is 0 Å². The monoisotopic (exact) mass is 1040 g/mol. The molecule has 14 heteroatoms. The molecule has 8 N–H and O–H groups in total. The van der Waals surface area contributed by atoms with E-state index in [4.69, 9.17) is 40.4 Å². The first kappa shape index (κ1) is 49.5. The molecule has 0 spiro atoms. The van der Waals surface area contributed by atoms with E-state index in [0.29, 0.717) is 126 Å². The quantitative estimate of drug-likeness (QED) is 0.0920. The second-order valence-corrected chi connectivity index (χ2v) is 19.2. The summed E-state index contributed by atoms with van der Waals surface area (Å²) in [6, 6.07) is 49.1. The Morgan fingerprint density at radius 3 is 1.16 bits per heavy atom. The van der Waals surface area contributed by atoms with Crippen LogP contribution in [0.15, 0.2) is 158 Å². The lowest BCUT2D eigenvalue weighted by Crippen LogP contribution is -2.13. The van der Waals surface area contributed by atoms with Gasteiger partial charge in [-0.3, -0.25) is 9.59 Å². The van der Waals surface area contributed by atoms with Crippen LogP contribution in [0.5, 0.6) is 23.0 Å². The van der Waals surface area contributed by atoms with Crippen molar-refractivity contribution in [3.05, 3.63) is 192 Å². The van der Waals surface area contributed by atoms with E-state index in [0.717, 1.165) is 52.5 Å². The highest BCUT2D eigenvalue weighted by Crippen LogP contribution is 2.43. The van der Waals surface area contributed by atoms with Crippen molar-refractivity contribution in [2.45, 2.75) is 19.3 Å². The maximum atomic E-state index is 14.6. The fourth-order valence-corrected chi connectivity index (χ4v) is 10.4. The highest BCUT2D eigenvalue weighted by molar-refractivity contribution is 6.10. The van der Waals surface area contributed by atoms with Gasteiger partial charge in [-0.05, 0) is 116 Å². The molecular formula is C65H54N8O6. The van der Waals surface area contributed by atoms with Crippen molar-refractivity contribution < 1.29 is 28.5 Å². The van der Waals surface area contributed by atoms with E-state index in [1.807, 2.05) is 146 Å². The third-order valence-corrected chi connectivity index (χ3v) is 14.2. The second kappa shape index (κ2) is 21.4. The highest BCUT2D eigenvalue weighted by Gasteiger charge is 2.24. The molecule has 3 aromatic heterocycles. The largest absolute Gasteiger partial charge is 0.497 e. The molecule has 79 heavy (non-hydrogen) atoms. The first-order chi connectivity index (χ1) is 38.7. The summed E-state index contributed by atoms with van der Waals surface area (Å²) in [6.45, 7) is 0.789. The number of anilines is 4. The van der Waals surface area contributed by atoms with Gasteiger partial charge in [0.15, 0.2) is 0 Å². The number of aromatic nitrogens is 4. The summed E-state index contributed by atoms with van der Waals surface area (Å²) in [4.78, 5) is 47.7. The number of carbonyl (C=O) groups is 2. The molecule has 9 aromatic rings. The number of para-hydroxylation sites is 4. The minimum atomic E-state index is -0.367. The second-order valence-electron chi connectivity index (χ2n) is 19.2. The number of ether oxygens (including phenoxy) is 4. The van der Waals surface area contributed by atoms with Crippen LogP contribution in [0.1, 0.15) is 62.8 Å². The van der Waals surface area contributed by atoms with E-state index < -0.39 is 0 Å². The van der Waals surface area contributed by atoms with Gasteiger partial charge < -0.3 is 51.0 Å². The number of fused-ring (bicyclic) bond motifs is 8. The molecule has 0 radical (unpaired) electrons. The van der Waals surface area contributed by atoms with Gasteiger partial charge in [-0.1, -0.05) is 72.8 Å². The highest BCUT2D eigenvalue weighted by atomic mass is 16.5. The van der Waals surface area contributed by atoms with E-state index >= 15 is 0 Å². The van der Waals surface area contributed by atoms with Gasteiger partial charge in [-0.2, -0.15) is 0 Å². The average molecular weight is 1040 g/mol. The van der Waals surface area contributed by atoms with E-state index in [-0.39, 0.29) is 11.8 Å². The van der Waals surface area contributed by atoms with Crippen LogP contribution in [-0.2, 0) is 0 Å². The number of methoxy groups -OCH3 is 2. The minimum absolute atomic E-state index is 0.345. The zero-order chi connectivity index (χ0) is 54.0. The first-order valence-electron chi connectivity index (χ1n) is 26.0. The van der Waals surface area contributed by atoms with Gasteiger partial charge in [0.1, 0.15) is 23.0 Å². The lowest BCUT2D eigenvalue weighted by Gasteiger charge is -2.15. The van der Waals surface area contributed by atoms with Crippen molar-refractivity contribution in [2.24, 2.45) is 0 Å². The van der Waals surface area contributed by atoms with Crippen LogP contribution >= 0.6 is 0 Å². The van der Waals surface area contributed by atoms with Crippen LogP contribution in [0, 0.1) is 0 Å². The Kier molecular flexibility index (Phi) is 13.4. The number of aromatic amines is 2. The summed E-state index contributed by atoms with van der Waals surface area (Å²) in [5.74, 6) is 1.19. The zero-order valence-electron chi connectivity index (χ0n) is 43.4. The van der Waals surface area contributed by atoms with Crippen LogP contribution in [0.2, 0.25) is 0 Å². The average Bonchev–Trinajstić information content (AvgIpc) is 4.53. The number of hydrogen-bond acceptors (Lipinski definition) is 10. The predicted molar refractivity (Wildman–Crippen MR) is 316 cm³/mol. The number of nitrogens with zero attached hydrogens (tertiary/aromatic N) is 2. The lowest BCUT2D eigenvalue weighted by molar-refractivity contribution is 0.101. The minimum Gasteiger partial charge on any atom is -0.497 e. The number of rotatable bonds is 4. The number of carbonyl (C=O) groups excluding carboxylic acids is 2. The zero-order valence-corrected chi connectivity index (χ0v) is 43.4. The van der Waals surface area contributed by atoms with Gasteiger partial charge >= 0.3 is 0 Å². The molecular weight excluding hydrogens is 989 g/mol. The maximum Gasteiger partial charge on any atom is 0.255 e. The molecule has 0 saturated carbocycles. The van der Waals surface area contributed by atoms with Gasteiger partial charge in [0.25, 0.3) is 11.8 Å². The molecule has 0 unspecified atom stereocenters. The Morgan fingerprint density at radius 2 is 0.785 bits per heavy atom. The molecule has 14 nitrogen and oxygen atoms in total. The van der Waals surface area contributed by atoms with Gasteiger partial charge in [0.2, 0.25) is 0 Å². The summed E-state index contributed by atoms with van der Waals surface area (Å²) in [7, 11) is 3.12. The molecule has 4 aliphatic rings. The van der Waals surface area contributed by atoms with Gasteiger partial charge in [0.05, 0.1) is 50.2 Å². The lowest BCUT2D eigenvalue weighted by atomic mass is 10.0. The number of nitrogen functional groups attached to an aromatic ring is 2. The SMILES string of the molecule is COc1cc2cc(c1)C(=O)Nc1ccccc1-c1c3nc(c(-c4ccccc4N)c4ccc([nH]4)c(c4nc(c(-c5ccccc5N)c5ccc1[nH]5)C=C4)-c1ccccc1NC(=O)c1cc(OC)cc(c1)OCCCCCO2)C=C3. The standard InChI is InChI=1S/C65H54N8O6/c1-76-40-32-38-34-42(36-40)78-30-12-3-13-31-79-43-35-39(33-41(37-43)77-2)65(75)73-51-21-11-7-17-47(51)63-58-28-24-54(70-58)60(44-14-4-8-18-48(44)66)52-22-26-56(68-52)62(46-16-6-10-20-50(46)72-64(38)74)57-27-23-53(69-57)61(55-25-29-59(63)71-55)45-15-5-9-19-49(45)67/h4-11,14-29,32-37,68,71H,3,12-13,30-31,66-67H2,1-2H3,(H,72,74)(H,73,75). The summed E-state index contributed by atoms with van der Waals surface area (Å²) < 4.78 is 23.8. The van der Waals surface area contributed by atoms with Crippen molar-refractivity contribution in [1.82, 2.24) is 19.9 Å². The number of nitrogens with one attached hydrogen (secondary N) is 4. The Hall–Kier alpha value is -10.3. The Balaban J connectivity index is 1.17. The van der Waals surface area contributed by atoms with Crippen molar-refractivity contribution in [3.63, 3.8) is 0 Å². The van der Waals surface area contributed by atoms with E-state index in [9.17, 15) is 9.59 Å². The summed E-state index contributed by atoms with van der Waals surface area (Å²) >= 11 is 0. The van der Waals surface area contributed by atoms with Crippen LogP contribution in [0.25, 0.3) is 90.9 Å². The number of nitrogens with two attached hydrogens (primary N) is 2. The topological polar surface area (TPSA) is 205 Å². The molecule has 4 aliphatic heterocycles. The maximum absolute atomic E-state index is 14.6. The Morgan fingerprint density at radius 1 is 0.430 bits per heavy atom. The molecule has 2 amide bonds. The van der Waals surface area contributed by atoms with Crippen molar-refractivity contribution in [1.29, 1.82) is 0 Å². The third-order valence-electron chi connectivity index (χ3n) is 14.2. The van der Waals surface area contributed by atoms with E-state index in [1.165, 1.54) is 0 Å². The summed E-state index contributed by atoms with van der Waals surface area (Å²) in [6.07, 6.45) is 10.2. The van der Waals surface area contributed by atoms with Crippen LogP contribution < -0.4 is 41.0 Å². The molecule has 0 aliphatic carbocycles. The van der Waals surface area contributed by atoms with Gasteiger partial charge in [-0.15, -0.1) is 0 Å². The van der Waals surface area contributed by atoms with Crippen molar-refractivity contribution >= 4 is 80.9 Å². The van der Waals surface area contributed by atoms with Crippen LogP contribution in [-0.4, -0.2) is 59.2 Å². The van der Waals surface area contributed by atoms with Crippen molar-refractivity contribution in [2.75, 3.05) is 49.5 Å². The molecule has 14 bridgehead atoms. The normalized spacial score (nSPS) is 13.4. The Bertz CT molecular complexity index is 3870. The molecule has 0 fully saturated rings. The smallest absolute Gasteiger partial charge is 0.255 e. The van der Waals surface area contributed by atoms with Crippen molar-refractivity contribution in [3.8, 4) is 67.5 Å². The van der Waals surface area contributed by atoms with Crippen LogP contribution in [0.4, 0.5) is 22.7 Å². The fraction of sp³-hybridized carbons (Fsp3) is 0.108. The number of hydrogen-bond donors (Lipinski definition) is 6. The molecule has 390 valence electrons. The summed E-state index contributed by atoms with van der Waals surface area (Å²) in [5.41, 5.74) is 27.8. The fourth-order valence-electron chi connectivity index (χ4n) is 10.4. The molecule has 0 saturated heterocycles. The van der Waals surface area contributed by atoms with Gasteiger partial charge in [0, 0.05) is 113 Å². The van der Waals surface area contributed by atoms with Gasteiger partial charge in [-0.25, -0.2) is 9.97 Å². The molecule has 6 aromatic carbocycles. The Labute approximate surface area is 455 Å².